The van der Waals surface area contributed by atoms with Gasteiger partial charge in [-0.1, -0.05) is 0 Å². The first kappa shape index (κ1) is 17.4. The van der Waals surface area contributed by atoms with E-state index in [4.69, 9.17) is 0 Å². The molecule has 0 aromatic carbocycles. The molecule has 115 valence electrons. The molecular weight excluding hydrogens is 348 g/mol. The Morgan fingerprint density at radius 2 is 1.90 bits per heavy atom. The topological polar surface area (TPSA) is 0 Å². The molecule has 0 spiro atoms. The van der Waals surface area contributed by atoms with Crippen LogP contribution in [0.4, 0.5) is 0 Å². The summed E-state index contributed by atoms with van der Waals surface area (Å²) in [5.74, 6) is -0.577. The third kappa shape index (κ3) is 3.22. The van der Waals surface area contributed by atoms with Crippen molar-refractivity contribution in [1.82, 2.24) is 0 Å². The maximum absolute atomic E-state index is 2.65. The predicted octanol–water partition coefficient (Wildman–Crippen LogP) is 6.15. The molecule has 2 rings (SSSR count). The molecular formula is C19H31SiZr. The van der Waals surface area contributed by atoms with Gasteiger partial charge in [-0.2, -0.15) is 0 Å². The van der Waals surface area contributed by atoms with Crippen LogP contribution in [0, 0.1) is 0 Å². The van der Waals surface area contributed by atoms with Gasteiger partial charge in [0, 0.05) is 0 Å². The van der Waals surface area contributed by atoms with Gasteiger partial charge in [0.05, 0.1) is 0 Å². The molecule has 0 saturated carbocycles. The zero-order valence-electron chi connectivity index (χ0n) is 14.9. The van der Waals surface area contributed by atoms with E-state index < -0.39 is 26.8 Å². The summed E-state index contributed by atoms with van der Waals surface area (Å²) < 4.78 is 1.31. The minimum absolute atomic E-state index is 0.462. The Balaban J connectivity index is 2.37. The summed E-state index contributed by atoms with van der Waals surface area (Å²) in [5, 5.41) is 0. The fraction of sp³-hybridized carbons (Fsp3) is 0.579. The molecule has 0 aromatic heterocycles. The van der Waals surface area contributed by atoms with Gasteiger partial charge in [0.25, 0.3) is 0 Å². The van der Waals surface area contributed by atoms with Crippen molar-refractivity contribution in [1.29, 1.82) is 0 Å². The van der Waals surface area contributed by atoms with Gasteiger partial charge in [0.2, 0.25) is 0 Å². The van der Waals surface area contributed by atoms with Crippen molar-refractivity contribution in [3.05, 3.63) is 46.6 Å². The Morgan fingerprint density at radius 1 is 1.24 bits per heavy atom. The summed E-state index contributed by atoms with van der Waals surface area (Å²) in [4.78, 5) is 0. The van der Waals surface area contributed by atoms with Crippen LogP contribution >= 0.6 is 0 Å². The number of rotatable bonds is 5. The van der Waals surface area contributed by atoms with Crippen molar-refractivity contribution >= 4 is 5.92 Å². The second-order valence-electron chi connectivity index (χ2n) is 7.27. The maximum atomic E-state index is 2.65. The molecule has 2 aliphatic carbocycles. The van der Waals surface area contributed by atoms with Crippen molar-refractivity contribution < 1.29 is 20.9 Å². The molecule has 0 N–H and O–H groups in total. The van der Waals surface area contributed by atoms with E-state index in [0.717, 1.165) is 3.63 Å². The molecule has 0 saturated heterocycles. The SMILES string of the molecule is CCCC1=C[CH]([Zr]([SiH](C)C)[C]2(C)C=C(C)C(C)=C2C)C=C1. The van der Waals surface area contributed by atoms with Crippen LogP contribution in [-0.4, -0.2) is 5.92 Å². The van der Waals surface area contributed by atoms with Gasteiger partial charge in [-0.3, -0.25) is 0 Å². The van der Waals surface area contributed by atoms with Crippen LogP contribution in [0.5, 0.6) is 0 Å². The van der Waals surface area contributed by atoms with Crippen LogP contribution in [0.2, 0.25) is 19.8 Å². The molecule has 0 fully saturated rings. The molecule has 0 amide bonds. The summed E-state index contributed by atoms with van der Waals surface area (Å²) in [7, 11) is 0. The first-order chi connectivity index (χ1) is 9.81. The Hall–Kier alpha value is 0.0600. The van der Waals surface area contributed by atoms with E-state index in [0.29, 0.717) is 3.12 Å². The summed E-state index contributed by atoms with van der Waals surface area (Å²) in [6, 6.07) is 0. The van der Waals surface area contributed by atoms with Crippen LogP contribution in [0.1, 0.15) is 47.5 Å². The predicted molar refractivity (Wildman–Crippen MR) is 95.3 cm³/mol. The summed E-state index contributed by atoms with van der Waals surface area (Å²) in [5.41, 5.74) is 6.42. The third-order valence-electron chi connectivity index (χ3n) is 5.47. The molecule has 2 unspecified atom stereocenters. The fourth-order valence-corrected chi connectivity index (χ4v) is 29.6. The normalized spacial score (nSPS) is 28.5. The van der Waals surface area contributed by atoms with Crippen molar-refractivity contribution in [3.8, 4) is 0 Å². The van der Waals surface area contributed by atoms with Crippen LogP contribution in [-0.2, 0) is 20.9 Å². The molecule has 0 heterocycles. The van der Waals surface area contributed by atoms with Gasteiger partial charge in [-0.05, 0) is 0 Å². The Labute approximate surface area is 140 Å². The van der Waals surface area contributed by atoms with Crippen LogP contribution < -0.4 is 0 Å². The van der Waals surface area contributed by atoms with E-state index in [9.17, 15) is 0 Å². The van der Waals surface area contributed by atoms with Gasteiger partial charge in [-0.15, -0.1) is 0 Å². The van der Waals surface area contributed by atoms with Gasteiger partial charge < -0.3 is 0 Å². The Morgan fingerprint density at radius 3 is 2.38 bits per heavy atom. The van der Waals surface area contributed by atoms with Crippen molar-refractivity contribution in [2.75, 3.05) is 0 Å². The van der Waals surface area contributed by atoms with Crippen molar-refractivity contribution in [2.45, 2.75) is 67.3 Å². The van der Waals surface area contributed by atoms with Gasteiger partial charge >= 0.3 is 141 Å². The molecule has 0 radical (unpaired) electrons. The van der Waals surface area contributed by atoms with E-state index in [1.165, 1.54) is 12.8 Å². The summed E-state index contributed by atoms with van der Waals surface area (Å²) in [6.45, 7) is 17.2. The standard InChI is InChI=1S/C9H13.C8H11.C2H7Si.Zr/c1-6-5-7(2)9(4)8(6)3;1-2-5-8-6-3-4-7-8;1-3-2;/h5H,1-4H3;3-4,6-7H,2,5H2,1H3;3H,1-2H3;. The van der Waals surface area contributed by atoms with Gasteiger partial charge in [0.15, 0.2) is 0 Å². The molecule has 2 atom stereocenters. The molecule has 0 aromatic rings. The molecule has 2 heteroatoms. The quantitative estimate of drug-likeness (QED) is 0.503. The first-order valence-corrected chi connectivity index (χ1v) is 18.2. The van der Waals surface area contributed by atoms with Crippen LogP contribution in [0.3, 0.4) is 0 Å². The zero-order chi connectivity index (χ0) is 15.8. The molecule has 2 aliphatic rings. The van der Waals surface area contributed by atoms with Gasteiger partial charge in [0.1, 0.15) is 0 Å². The van der Waals surface area contributed by atoms with Crippen LogP contribution in [0.25, 0.3) is 0 Å². The molecule has 0 bridgehead atoms. The minimum atomic E-state index is -1.58. The van der Waals surface area contributed by atoms with Gasteiger partial charge in [-0.25, -0.2) is 0 Å². The average Bonchev–Trinajstić information content (AvgIpc) is 2.91. The average molecular weight is 379 g/mol. The van der Waals surface area contributed by atoms with E-state index >= 15 is 0 Å². The van der Waals surface area contributed by atoms with Crippen molar-refractivity contribution in [2.24, 2.45) is 0 Å². The number of allylic oxidation sites excluding steroid dienone is 8. The summed E-state index contributed by atoms with van der Waals surface area (Å²) in [6.07, 6.45) is 12.9. The first-order valence-electron chi connectivity index (χ1n) is 8.45. The van der Waals surface area contributed by atoms with E-state index in [2.05, 4.69) is 72.0 Å². The Kier molecular flexibility index (Phi) is 5.53. The van der Waals surface area contributed by atoms with E-state index in [1.54, 1.807) is 22.3 Å². The van der Waals surface area contributed by atoms with E-state index in [1.807, 2.05) is 0 Å². The molecule has 0 nitrogen and oxygen atoms in total. The molecule has 0 aliphatic heterocycles. The zero-order valence-corrected chi connectivity index (χ0v) is 18.5. The number of hydrogen-bond acceptors (Lipinski definition) is 0. The monoisotopic (exact) mass is 377 g/mol. The molecule has 21 heavy (non-hydrogen) atoms. The van der Waals surface area contributed by atoms with Crippen molar-refractivity contribution in [3.63, 3.8) is 0 Å². The third-order valence-corrected chi connectivity index (χ3v) is 28.6. The fourth-order valence-electron chi connectivity index (χ4n) is 4.18. The second kappa shape index (κ2) is 6.67. The number of hydrogen-bond donors (Lipinski definition) is 0. The summed E-state index contributed by atoms with van der Waals surface area (Å²) >= 11 is -1.58. The van der Waals surface area contributed by atoms with Crippen LogP contribution in [0.15, 0.2) is 46.6 Å². The Bertz CT molecular complexity index is 536. The van der Waals surface area contributed by atoms with E-state index in [-0.39, 0.29) is 0 Å². The second-order valence-corrected chi connectivity index (χ2v) is 28.2.